The van der Waals surface area contributed by atoms with Gasteiger partial charge in [0.05, 0.1) is 24.1 Å². The van der Waals surface area contributed by atoms with Crippen LogP contribution >= 0.6 is 0 Å². The van der Waals surface area contributed by atoms with Crippen molar-refractivity contribution < 1.29 is 9.53 Å². The minimum Gasteiger partial charge on any atom is -0.376 e. The molecule has 0 aliphatic rings. The van der Waals surface area contributed by atoms with Crippen molar-refractivity contribution in [2.45, 2.75) is 27.4 Å². The van der Waals surface area contributed by atoms with Gasteiger partial charge in [-0.2, -0.15) is 5.10 Å². The second-order valence-electron chi connectivity index (χ2n) is 7.19. The van der Waals surface area contributed by atoms with Crippen LogP contribution in [-0.4, -0.2) is 36.9 Å². The van der Waals surface area contributed by atoms with Gasteiger partial charge < -0.3 is 14.5 Å². The number of imidazole rings is 1. The van der Waals surface area contributed by atoms with E-state index in [0.717, 1.165) is 28.9 Å². The van der Waals surface area contributed by atoms with Crippen LogP contribution in [0.4, 0.5) is 11.5 Å². The first-order valence-electron chi connectivity index (χ1n) is 9.16. The number of hydrogen-bond acceptors (Lipinski definition) is 6. The van der Waals surface area contributed by atoms with Crippen LogP contribution in [0.25, 0.3) is 11.3 Å². The van der Waals surface area contributed by atoms with Gasteiger partial charge in [0.15, 0.2) is 17.6 Å². The summed E-state index contributed by atoms with van der Waals surface area (Å²) in [6.45, 7) is 7.39. The molecule has 144 valence electrons. The number of carbonyl (C=O) groups excluding carboxylic acids is 1. The standard InChI is InChI=1S/C20H22N6O2/c1-13(2)11-28-12-15-7-17(20-21-4-5-25(20)9-15)23-18-6-14(3)26-19(24-18)16(10-27)8-22-26/h4-10,13H,11-12H2,1-3H3,(H,23,24). The van der Waals surface area contributed by atoms with Gasteiger partial charge in [-0.05, 0) is 24.5 Å². The Hall–Kier alpha value is -3.26. The molecular formula is C20H22N6O2. The largest absolute Gasteiger partial charge is 0.376 e. The fraction of sp³-hybridized carbons (Fsp3) is 0.300. The van der Waals surface area contributed by atoms with E-state index in [2.05, 4.69) is 34.2 Å². The Kier molecular flexibility index (Phi) is 4.79. The maximum atomic E-state index is 11.3. The van der Waals surface area contributed by atoms with E-state index in [4.69, 9.17) is 4.74 Å². The normalized spacial score (nSPS) is 11.6. The third-order valence-electron chi connectivity index (χ3n) is 4.33. The monoisotopic (exact) mass is 378 g/mol. The molecule has 0 amide bonds. The Labute approximate surface area is 162 Å². The fourth-order valence-electron chi connectivity index (χ4n) is 3.09. The summed E-state index contributed by atoms with van der Waals surface area (Å²) in [5.41, 5.74) is 4.48. The SMILES string of the molecule is Cc1cc(Nc2cc(COCC(C)C)cn3ccnc23)nc2c(C=O)cnn12. The number of nitrogens with zero attached hydrogens (tertiary/aromatic N) is 5. The summed E-state index contributed by atoms with van der Waals surface area (Å²) in [5.74, 6) is 1.11. The molecule has 4 aromatic rings. The average molecular weight is 378 g/mol. The van der Waals surface area contributed by atoms with E-state index >= 15 is 0 Å². The summed E-state index contributed by atoms with van der Waals surface area (Å²) in [4.78, 5) is 20.2. The van der Waals surface area contributed by atoms with E-state index in [0.29, 0.717) is 36.2 Å². The van der Waals surface area contributed by atoms with Gasteiger partial charge in [-0.3, -0.25) is 4.79 Å². The van der Waals surface area contributed by atoms with E-state index in [1.165, 1.54) is 6.20 Å². The Morgan fingerprint density at radius 3 is 2.93 bits per heavy atom. The smallest absolute Gasteiger partial charge is 0.168 e. The molecule has 0 unspecified atom stereocenters. The Morgan fingerprint density at radius 1 is 1.29 bits per heavy atom. The maximum Gasteiger partial charge on any atom is 0.168 e. The summed E-state index contributed by atoms with van der Waals surface area (Å²) in [5, 5.41) is 7.54. The van der Waals surface area contributed by atoms with Crippen LogP contribution in [0.2, 0.25) is 0 Å². The Balaban J connectivity index is 1.69. The van der Waals surface area contributed by atoms with Crippen LogP contribution < -0.4 is 5.32 Å². The molecule has 1 N–H and O–H groups in total. The second-order valence-corrected chi connectivity index (χ2v) is 7.19. The molecule has 0 fully saturated rings. The lowest BCUT2D eigenvalue weighted by molar-refractivity contribution is 0.0969. The number of fused-ring (bicyclic) bond motifs is 2. The summed E-state index contributed by atoms with van der Waals surface area (Å²) in [6.07, 6.45) is 7.94. The van der Waals surface area contributed by atoms with Gasteiger partial charge in [-0.1, -0.05) is 13.8 Å². The molecule has 0 aliphatic heterocycles. The molecule has 4 heterocycles. The van der Waals surface area contributed by atoms with Crippen molar-refractivity contribution in [1.82, 2.24) is 24.0 Å². The molecule has 8 heteroatoms. The van der Waals surface area contributed by atoms with Crippen LogP contribution in [-0.2, 0) is 11.3 Å². The van der Waals surface area contributed by atoms with Crippen molar-refractivity contribution in [2.75, 3.05) is 11.9 Å². The number of anilines is 2. The Morgan fingerprint density at radius 2 is 2.14 bits per heavy atom. The van der Waals surface area contributed by atoms with Crippen LogP contribution in [0.3, 0.4) is 0 Å². The van der Waals surface area contributed by atoms with E-state index in [9.17, 15) is 4.79 Å². The number of aromatic nitrogens is 5. The number of nitrogens with one attached hydrogen (secondary N) is 1. The highest BCUT2D eigenvalue weighted by atomic mass is 16.5. The lowest BCUT2D eigenvalue weighted by Crippen LogP contribution is -2.05. The first-order chi connectivity index (χ1) is 13.5. The molecule has 4 rings (SSSR count). The third kappa shape index (κ3) is 3.46. The zero-order valence-electron chi connectivity index (χ0n) is 16.1. The molecule has 0 aromatic carbocycles. The van der Waals surface area contributed by atoms with Crippen molar-refractivity contribution in [3.63, 3.8) is 0 Å². The number of aldehydes is 1. The number of hydrogen-bond donors (Lipinski definition) is 1. The number of rotatable bonds is 7. The highest BCUT2D eigenvalue weighted by Gasteiger charge is 2.12. The van der Waals surface area contributed by atoms with E-state index in [1.807, 2.05) is 35.9 Å². The van der Waals surface area contributed by atoms with Gasteiger partial charge in [-0.25, -0.2) is 14.5 Å². The molecule has 0 atom stereocenters. The molecule has 0 aliphatic carbocycles. The molecule has 4 aromatic heterocycles. The van der Waals surface area contributed by atoms with Crippen molar-refractivity contribution in [3.8, 4) is 0 Å². The van der Waals surface area contributed by atoms with Crippen molar-refractivity contribution >= 4 is 29.1 Å². The van der Waals surface area contributed by atoms with Crippen molar-refractivity contribution in [2.24, 2.45) is 5.92 Å². The highest BCUT2D eigenvalue weighted by Crippen LogP contribution is 2.23. The summed E-state index contributed by atoms with van der Waals surface area (Å²) >= 11 is 0. The number of aryl methyl sites for hydroxylation is 1. The minimum atomic E-state index is 0.452. The molecule has 28 heavy (non-hydrogen) atoms. The topological polar surface area (TPSA) is 85.8 Å². The Bertz CT molecular complexity index is 1140. The highest BCUT2D eigenvalue weighted by molar-refractivity contribution is 5.84. The molecule has 0 bridgehead atoms. The van der Waals surface area contributed by atoms with Crippen molar-refractivity contribution in [3.05, 3.63) is 53.7 Å². The molecule has 8 nitrogen and oxygen atoms in total. The van der Waals surface area contributed by atoms with Gasteiger partial charge in [0.25, 0.3) is 0 Å². The molecular weight excluding hydrogens is 356 g/mol. The predicted octanol–water partition coefficient (Wildman–Crippen LogP) is 3.41. The first-order valence-corrected chi connectivity index (χ1v) is 9.16. The summed E-state index contributed by atoms with van der Waals surface area (Å²) < 4.78 is 9.39. The lowest BCUT2D eigenvalue weighted by Gasteiger charge is -2.12. The van der Waals surface area contributed by atoms with Gasteiger partial charge in [-0.15, -0.1) is 0 Å². The van der Waals surface area contributed by atoms with Crippen LogP contribution in [0, 0.1) is 12.8 Å². The average Bonchev–Trinajstić information content (AvgIpc) is 3.28. The molecule has 0 radical (unpaired) electrons. The van der Waals surface area contributed by atoms with Gasteiger partial charge >= 0.3 is 0 Å². The molecule has 0 saturated heterocycles. The molecule has 0 spiro atoms. The molecule has 0 saturated carbocycles. The van der Waals surface area contributed by atoms with Crippen LogP contribution in [0.15, 0.2) is 36.9 Å². The number of ether oxygens (including phenoxy) is 1. The van der Waals surface area contributed by atoms with Gasteiger partial charge in [0, 0.05) is 37.0 Å². The minimum absolute atomic E-state index is 0.452. The fourth-order valence-corrected chi connectivity index (χ4v) is 3.09. The van der Waals surface area contributed by atoms with Crippen LogP contribution in [0.1, 0.15) is 35.5 Å². The van der Waals surface area contributed by atoms with E-state index in [1.54, 1.807) is 10.7 Å². The van der Waals surface area contributed by atoms with Crippen LogP contribution in [0.5, 0.6) is 0 Å². The van der Waals surface area contributed by atoms with Crippen molar-refractivity contribution in [1.29, 1.82) is 0 Å². The van der Waals surface area contributed by atoms with E-state index < -0.39 is 0 Å². The first kappa shape index (κ1) is 18.1. The summed E-state index contributed by atoms with van der Waals surface area (Å²) in [7, 11) is 0. The maximum absolute atomic E-state index is 11.3. The second kappa shape index (κ2) is 7.40. The van der Waals surface area contributed by atoms with Gasteiger partial charge in [0.2, 0.25) is 0 Å². The zero-order valence-corrected chi connectivity index (χ0v) is 16.1. The predicted molar refractivity (Wildman–Crippen MR) is 106 cm³/mol. The van der Waals surface area contributed by atoms with Gasteiger partial charge in [0.1, 0.15) is 5.82 Å². The summed E-state index contributed by atoms with van der Waals surface area (Å²) in [6, 6.07) is 3.90. The number of pyridine rings is 1. The lowest BCUT2D eigenvalue weighted by atomic mass is 10.2. The zero-order chi connectivity index (χ0) is 19.7. The van der Waals surface area contributed by atoms with E-state index in [-0.39, 0.29) is 0 Å². The third-order valence-corrected chi connectivity index (χ3v) is 4.33. The quantitative estimate of drug-likeness (QED) is 0.496. The number of carbonyl (C=O) groups is 1.